The van der Waals surface area contributed by atoms with E-state index >= 15 is 0 Å². The van der Waals surface area contributed by atoms with E-state index in [9.17, 15) is 0 Å². The largest absolute Gasteiger partial charge is 0.480 e. The van der Waals surface area contributed by atoms with Gasteiger partial charge in [-0.05, 0) is 22.9 Å². The van der Waals surface area contributed by atoms with Crippen LogP contribution in [0.2, 0.25) is 0 Å². The minimum absolute atomic E-state index is 0.323. The second-order valence-corrected chi connectivity index (χ2v) is 7.24. The highest BCUT2D eigenvalue weighted by molar-refractivity contribution is 9.10. The standard InChI is InChI=1S/C17H23BrN6O/c1-11(2)15-20-12(3)9-14(21-15)23-5-7-24(8-6-23)17-19-10-13(18)16(22-17)25-4/h9-11H,5-8H2,1-4H3. The van der Waals surface area contributed by atoms with Gasteiger partial charge < -0.3 is 14.5 Å². The smallest absolute Gasteiger partial charge is 0.232 e. The number of nitrogens with zero attached hydrogens (tertiary/aromatic N) is 6. The molecule has 0 atom stereocenters. The van der Waals surface area contributed by atoms with Crippen LogP contribution in [0.4, 0.5) is 11.8 Å². The van der Waals surface area contributed by atoms with Crippen LogP contribution in [-0.2, 0) is 0 Å². The van der Waals surface area contributed by atoms with Crippen molar-refractivity contribution in [2.24, 2.45) is 0 Å². The van der Waals surface area contributed by atoms with E-state index in [4.69, 9.17) is 9.72 Å². The van der Waals surface area contributed by atoms with Gasteiger partial charge >= 0.3 is 0 Å². The third-order valence-electron chi connectivity index (χ3n) is 4.15. The molecule has 2 aromatic rings. The lowest BCUT2D eigenvalue weighted by molar-refractivity contribution is 0.393. The maximum atomic E-state index is 5.26. The van der Waals surface area contributed by atoms with Crippen molar-refractivity contribution >= 4 is 27.7 Å². The Balaban J connectivity index is 1.72. The average Bonchev–Trinajstić information content (AvgIpc) is 2.61. The molecule has 3 rings (SSSR count). The Labute approximate surface area is 156 Å². The number of ether oxygens (including phenoxy) is 1. The SMILES string of the molecule is COc1nc(N2CCN(c3cc(C)nc(C(C)C)n3)CC2)ncc1Br. The number of aryl methyl sites for hydroxylation is 1. The summed E-state index contributed by atoms with van der Waals surface area (Å²) in [7, 11) is 1.61. The fourth-order valence-electron chi connectivity index (χ4n) is 2.77. The van der Waals surface area contributed by atoms with Crippen LogP contribution < -0.4 is 14.5 Å². The van der Waals surface area contributed by atoms with E-state index in [2.05, 4.69) is 60.6 Å². The summed E-state index contributed by atoms with van der Waals surface area (Å²) in [5, 5.41) is 0. The molecule has 134 valence electrons. The summed E-state index contributed by atoms with van der Waals surface area (Å²) in [6, 6.07) is 2.06. The lowest BCUT2D eigenvalue weighted by atomic mass is 10.2. The van der Waals surface area contributed by atoms with Crippen LogP contribution in [0.5, 0.6) is 5.88 Å². The molecule has 0 aliphatic carbocycles. The zero-order chi connectivity index (χ0) is 18.0. The summed E-state index contributed by atoms with van der Waals surface area (Å²) < 4.78 is 6.02. The van der Waals surface area contributed by atoms with Crippen LogP contribution in [0.3, 0.4) is 0 Å². The Morgan fingerprint density at radius 3 is 2.40 bits per heavy atom. The minimum Gasteiger partial charge on any atom is -0.480 e. The van der Waals surface area contributed by atoms with Crippen molar-refractivity contribution in [1.29, 1.82) is 0 Å². The molecule has 8 heteroatoms. The first-order chi connectivity index (χ1) is 12.0. The van der Waals surface area contributed by atoms with Crippen molar-refractivity contribution in [2.75, 3.05) is 43.1 Å². The Hall–Kier alpha value is -1.96. The average molecular weight is 407 g/mol. The highest BCUT2D eigenvalue weighted by Gasteiger charge is 2.22. The number of halogens is 1. The number of piperazine rings is 1. The number of methoxy groups -OCH3 is 1. The quantitative estimate of drug-likeness (QED) is 0.772. The predicted octanol–water partition coefficient (Wildman–Crippen LogP) is 2.80. The van der Waals surface area contributed by atoms with E-state index in [0.29, 0.717) is 17.7 Å². The molecule has 2 aromatic heterocycles. The summed E-state index contributed by atoms with van der Waals surface area (Å²) in [5.41, 5.74) is 1.01. The monoisotopic (exact) mass is 406 g/mol. The van der Waals surface area contributed by atoms with E-state index < -0.39 is 0 Å². The molecule has 0 radical (unpaired) electrons. The minimum atomic E-state index is 0.323. The van der Waals surface area contributed by atoms with E-state index in [1.807, 2.05) is 6.92 Å². The molecule has 0 saturated carbocycles. The molecule has 0 amide bonds. The fraction of sp³-hybridized carbons (Fsp3) is 0.529. The highest BCUT2D eigenvalue weighted by atomic mass is 79.9. The van der Waals surface area contributed by atoms with Gasteiger partial charge in [0, 0.05) is 43.9 Å². The molecular formula is C17H23BrN6O. The first kappa shape index (κ1) is 17.8. The third kappa shape index (κ3) is 4.00. The Morgan fingerprint density at radius 2 is 1.76 bits per heavy atom. The van der Waals surface area contributed by atoms with Gasteiger partial charge in [-0.2, -0.15) is 4.98 Å². The van der Waals surface area contributed by atoms with Gasteiger partial charge in [0.2, 0.25) is 11.8 Å². The van der Waals surface area contributed by atoms with Gasteiger partial charge in [-0.1, -0.05) is 13.8 Å². The Kier molecular flexibility index (Phi) is 5.36. The van der Waals surface area contributed by atoms with Crippen LogP contribution in [-0.4, -0.2) is 53.2 Å². The molecule has 0 N–H and O–H groups in total. The molecule has 1 fully saturated rings. The summed E-state index contributed by atoms with van der Waals surface area (Å²) in [6.45, 7) is 9.68. The molecule has 0 spiro atoms. The van der Waals surface area contributed by atoms with Crippen LogP contribution in [0, 0.1) is 6.92 Å². The molecule has 25 heavy (non-hydrogen) atoms. The van der Waals surface area contributed by atoms with Crippen molar-refractivity contribution < 1.29 is 4.74 Å². The number of hydrogen-bond donors (Lipinski definition) is 0. The molecule has 3 heterocycles. The normalized spacial score (nSPS) is 15.0. The van der Waals surface area contributed by atoms with Gasteiger partial charge in [0.1, 0.15) is 11.6 Å². The Morgan fingerprint density at radius 1 is 1.08 bits per heavy atom. The van der Waals surface area contributed by atoms with E-state index in [0.717, 1.165) is 48.0 Å². The maximum absolute atomic E-state index is 5.26. The maximum Gasteiger partial charge on any atom is 0.232 e. The number of hydrogen-bond acceptors (Lipinski definition) is 7. The second kappa shape index (κ2) is 7.51. The summed E-state index contributed by atoms with van der Waals surface area (Å²) >= 11 is 3.39. The number of rotatable bonds is 4. The zero-order valence-corrected chi connectivity index (χ0v) is 16.6. The second-order valence-electron chi connectivity index (χ2n) is 6.38. The molecule has 0 bridgehead atoms. The van der Waals surface area contributed by atoms with E-state index in [-0.39, 0.29) is 0 Å². The van der Waals surface area contributed by atoms with Crippen molar-refractivity contribution in [3.63, 3.8) is 0 Å². The van der Waals surface area contributed by atoms with Gasteiger partial charge in [-0.3, -0.25) is 0 Å². The van der Waals surface area contributed by atoms with Gasteiger partial charge in [0.15, 0.2) is 0 Å². The lowest BCUT2D eigenvalue weighted by Gasteiger charge is -2.35. The summed E-state index contributed by atoms with van der Waals surface area (Å²) in [5.74, 6) is 3.48. The van der Waals surface area contributed by atoms with E-state index in [1.54, 1.807) is 13.3 Å². The van der Waals surface area contributed by atoms with E-state index in [1.165, 1.54) is 0 Å². The highest BCUT2D eigenvalue weighted by Crippen LogP contribution is 2.25. The molecule has 7 nitrogen and oxygen atoms in total. The summed E-state index contributed by atoms with van der Waals surface area (Å²) in [4.78, 5) is 22.6. The summed E-state index contributed by atoms with van der Waals surface area (Å²) in [6.07, 6.45) is 1.73. The zero-order valence-electron chi connectivity index (χ0n) is 15.0. The first-order valence-corrected chi connectivity index (χ1v) is 9.19. The van der Waals surface area contributed by atoms with Gasteiger partial charge in [0.25, 0.3) is 0 Å². The number of anilines is 2. The van der Waals surface area contributed by atoms with Crippen LogP contribution in [0.15, 0.2) is 16.7 Å². The fourth-order valence-corrected chi connectivity index (χ4v) is 3.12. The van der Waals surface area contributed by atoms with Crippen molar-refractivity contribution in [3.05, 3.63) is 28.3 Å². The molecular weight excluding hydrogens is 384 g/mol. The third-order valence-corrected chi connectivity index (χ3v) is 4.70. The van der Waals surface area contributed by atoms with Crippen molar-refractivity contribution in [3.8, 4) is 5.88 Å². The van der Waals surface area contributed by atoms with Gasteiger partial charge in [-0.15, -0.1) is 0 Å². The van der Waals surface area contributed by atoms with Gasteiger partial charge in [-0.25, -0.2) is 15.0 Å². The Bertz CT molecular complexity index is 746. The topological polar surface area (TPSA) is 67.3 Å². The van der Waals surface area contributed by atoms with Crippen LogP contribution in [0.1, 0.15) is 31.3 Å². The van der Waals surface area contributed by atoms with Gasteiger partial charge in [0.05, 0.1) is 17.8 Å². The van der Waals surface area contributed by atoms with Crippen LogP contribution >= 0.6 is 15.9 Å². The van der Waals surface area contributed by atoms with Crippen molar-refractivity contribution in [2.45, 2.75) is 26.7 Å². The van der Waals surface area contributed by atoms with Crippen LogP contribution in [0.25, 0.3) is 0 Å². The molecule has 0 unspecified atom stereocenters. The number of aromatic nitrogens is 4. The first-order valence-electron chi connectivity index (χ1n) is 8.40. The molecule has 0 aromatic carbocycles. The molecule has 1 saturated heterocycles. The predicted molar refractivity (Wildman–Crippen MR) is 102 cm³/mol. The molecule has 1 aliphatic heterocycles. The molecule has 1 aliphatic rings. The van der Waals surface area contributed by atoms with Crippen molar-refractivity contribution in [1.82, 2.24) is 19.9 Å². The lowest BCUT2D eigenvalue weighted by Crippen LogP contribution is -2.47.